The molecular weight excluding hydrogens is 408 g/mol. The summed E-state index contributed by atoms with van der Waals surface area (Å²) in [7, 11) is -5.13. The minimum absolute atomic E-state index is 0.168. The molecule has 0 rings (SSSR count). The average Bonchev–Trinajstić information content (AvgIpc) is 2.67. The maximum absolute atomic E-state index is 12.3. The second-order valence-electron chi connectivity index (χ2n) is 7.21. The summed E-state index contributed by atoms with van der Waals surface area (Å²) in [5, 5.41) is 47.6. The summed E-state index contributed by atoms with van der Waals surface area (Å²) in [6, 6.07) is 0. The Labute approximate surface area is 172 Å². The molecule has 5 atom stereocenters. The fourth-order valence-corrected chi connectivity index (χ4v) is 3.38. The van der Waals surface area contributed by atoms with Gasteiger partial charge in [0.2, 0.25) is 0 Å². The van der Waals surface area contributed by atoms with Crippen LogP contribution < -0.4 is 0 Å². The molecule has 6 N–H and O–H groups in total. The number of ketones is 1. The molecule has 0 bridgehead atoms. The first kappa shape index (κ1) is 28.3. The molecule has 174 valence electrons. The zero-order valence-corrected chi connectivity index (χ0v) is 17.7. The van der Waals surface area contributed by atoms with Gasteiger partial charge in [-0.25, -0.2) is 4.18 Å². The van der Waals surface area contributed by atoms with Crippen LogP contribution in [0.2, 0.25) is 0 Å². The standard InChI is InChI=1S/C18H36O10S/c1-2-3-4-5-6-7-8-9-10-11-13(20)18(28-29(25,26)27)17(24)16(23)15(22)14(21)12-19/h14-19,21-24H,2-12H2,1H3,(H,25,26,27)/t14-,15-,16+,17+,18?/m1/s1. The van der Waals surface area contributed by atoms with Crippen molar-refractivity contribution in [1.29, 1.82) is 0 Å². The summed E-state index contributed by atoms with van der Waals surface area (Å²) < 4.78 is 35.0. The zero-order valence-electron chi connectivity index (χ0n) is 16.9. The maximum atomic E-state index is 12.3. The average molecular weight is 445 g/mol. The van der Waals surface area contributed by atoms with Crippen LogP contribution in [0, 0.1) is 0 Å². The van der Waals surface area contributed by atoms with E-state index in [4.69, 9.17) is 9.66 Å². The van der Waals surface area contributed by atoms with Gasteiger partial charge in [0.05, 0.1) is 6.61 Å². The molecule has 0 saturated carbocycles. The highest BCUT2D eigenvalue weighted by atomic mass is 32.3. The Morgan fingerprint density at radius 3 is 1.76 bits per heavy atom. The molecule has 29 heavy (non-hydrogen) atoms. The summed E-state index contributed by atoms with van der Waals surface area (Å²) in [6.07, 6.45) is -1.86. The summed E-state index contributed by atoms with van der Waals surface area (Å²) >= 11 is 0. The van der Waals surface area contributed by atoms with Crippen molar-refractivity contribution >= 4 is 16.2 Å². The minimum atomic E-state index is -5.13. The Balaban J connectivity index is 4.62. The van der Waals surface area contributed by atoms with Gasteiger partial charge in [0.15, 0.2) is 11.9 Å². The van der Waals surface area contributed by atoms with E-state index in [1.165, 1.54) is 19.3 Å². The molecule has 0 spiro atoms. The molecule has 0 aliphatic rings. The van der Waals surface area contributed by atoms with Crippen molar-refractivity contribution in [2.24, 2.45) is 0 Å². The Morgan fingerprint density at radius 1 is 0.828 bits per heavy atom. The van der Waals surface area contributed by atoms with E-state index in [2.05, 4.69) is 11.1 Å². The Kier molecular flexibility index (Phi) is 14.8. The van der Waals surface area contributed by atoms with Crippen LogP contribution in [0.25, 0.3) is 0 Å². The largest absolute Gasteiger partial charge is 0.398 e. The Hall–Kier alpha value is -0.660. The summed E-state index contributed by atoms with van der Waals surface area (Å²) in [6.45, 7) is 1.20. The summed E-state index contributed by atoms with van der Waals surface area (Å²) in [5.74, 6) is -0.886. The van der Waals surface area contributed by atoms with E-state index in [0.29, 0.717) is 12.8 Å². The fourth-order valence-electron chi connectivity index (χ4n) is 2.90. The molecule has 0 radical (unpaired) electrons. The topological polar surface area (TPSA) is 182 Å². The van der Waals surface area contributed by atoms with Gasteiger partial charge in [0, 0.05) is 6.42 Å². The van der Waals surface area contributed by atoms with E-state index in [1.54, 1.807) is 0 Å². The van der Waals surface area contributed by atoms with E-state index < -0.39 is 53.3 Å². The minimum Gasteiger partial charge on any atom is -0.394 e. The van der Waals surface area contributed by atoms with Crippen LogP contribution in [-0.2, 0) is 19.4 Å². The van der Waals surface area contributed by atoms with E-state index in [9.17, 15) is 33.6 Å². The summed E-state index contributed by atoms with van der Waals surface area (Å²) in [4.78, 5) is 12.3. The lowest BCUT2D eigenvalue weighted by Crippen LogP contribution is -2.53. The zero-order chi connectivity index (χ0) is 22.4. The number of aliphatic hydroxyl groups excluding tert-OH is 5. The highest BCUT2D eigenvalue weighted by Crippen LogP contribution is 2.17. The van der Waals surface area contributed by atoms with Gasteiger partial charge in [-0.15, -0.1) is 0 Å². The lowest BCUT2D eigenvalue weighted by molar-refractivity contribution is -0.152. The number of unbranched alkanes of at least 4 members (excludes halogenated alkanes) is 8. The molecule has 0 aliphatic heterocycles. The van der Waals surface area contributed by atoms with Gasteiger partial charge in [-0.1, -0.05) is 58.3 Å². The van der Waals surface area contributed by atoms with Crippen LogP contribution in [0.3, 0.4) is 0 Å². The van der Waals surface area contributed by atoms with Crippen molar-refractivity contribution in [1.82, 2.24) is 0 Å². The Morgan fingerprint density at radius 2 is 1.31 bits per heavy atom. The monoisotopic (exact) mass is 444 g/mol. The lowest BCUT2D eigenvalue weighted by atomic mass is 9.95. The van der Waals surface area contributed by atoms with Crippen LogP contribution in [0.1, 0.15) is 71.1 Å². The van der Waals surface area contributed by atoms with Crippen LogP contribution in [0.15, 0.2) is 0 Å². The van der Waals surface area contributed by atoms with Crippen molar-refractivity contribution < 1.29 is 47.5 Å². The second-order valence-corrected chi connectivity index (χ2v) is 8.26. The van der Waals surface area contributed by atoms with Gasteiger partial charge < -0.3 is 25.5 Å². The first-order chi connectivity index (χ1) is 13.5. The fraction of sp³-hybridized carbons (Fsp3) is 0.944. The third-order valence-corrected chi connectivity index (χ3v) is 5.11. The number of carbonyl (C=O) groups excluding carboxylic acids is 1. The van der Waals surface area contributed by atoms with Crippen LogP contribution in [0.5, 0.6) is 0 Å². The number of hydrogen-bond acceptors (Lipinski definition) is 9. The maximum Gasteiger partial charge on any atom is 0.398 e. The quantitative estimate of drug-likeness (QED) is 0.125. The van der Waals surface area contributed by atoms with Crippen molar-refractivity contribution in [3.63, 3.8) is 0 Å². The van der Waals surface area contributed by atoms with E-state index >= 15 is 0 Å². The Bertz CT molecular complexity index is 539. The predicted molar refractivity (Wildman–Crippen MR) is 104 cm³/mol. The highest BCUT2D eigenvalue weighted by Gasteiger charge is 2.40. The normalized spacial score (nSPS) is 17.5. The predicted octanol–water partition coefficient (Wildman–Crippen LogP) is 0.100. The lowest BCUT2D eigenvalue weighted by Gasteiger charge is -2.29. The molecule has 1 unspecified atom stereocenters. The highest BCUT2D eigenvalue weighted by molar-refractivity contribution is 7.80. The van der Waals surface area contributed by atoms with Crippen LogP contribution in [-0.4, -0.2) is 81.4 Å². The number of Topliss-reactive ketones (excluding diaryl/α,β-unsaturated/α-hetero) is 1. The molecule has 0 aromatic rings. The van der Waals surface area contributed by atoms with Gasteiger partial charge in [0.1, 0.15) is 24.4 Å². The number of hydrogen-bond donors (Lipinski definition) is 6. The molecule has 0 amide bonds. The molecule has 10 nitrogen and oxygen atoms in total. The smallest absolute Gasteiger partial charge is 0.394 e. The van der Waals surface area contributed by atoms with Gasteiger partial charge in [-0.05, 0) is 6.42 Å². The van der Waals surface area contributed by atoms with Crippen molar-refractivity contribution in [2.45, 2.75) is 102 Å². The third kappa shape index (κ3) is 12.6. The third-order valence-electron chi connectivity index (χ3n) is 4.66. The molecule has 0 aliphatic carbocycles. The molecule has 11 heteroatoms. The molecule has 0 heterocycles. The van der Waals surface area contributed by atoms with Crippen LogP contribution in [0.4, 0.5) is 0 Å². The summed E-state index contributed by atoms with van der Waals surface area (Å²) in [5.41, 5.74) is 0. The number of carbonyl (C=O) groups is 1. The number of aliphatic hydroxyl groups is 5. The van der Waals surface area contributed by atoms with Gasteiger partial charge in [-0.3, -0.25) is 9.35 Å². The van der Waals surface area contributed by atoms with E-state index in [1.807, 2.05) is 0 Å². The first-order valence-electron chi connectivity index (χ1n) is 10.1. The van der Waals surface area contributed by atoms with Gasteiger partial charge in [-0.2, -0.15) is 8.42 Å². The van der Waals surface area contributed by atoms with Crippen LogP contribution >= 0.6 is 0 Å². The van der Waals surface area contributed by atoms with E-state index in [-0.39, 0.29) is 6.42 Å². The molecular formula is C18H36O10S. The number of rotatable bonds is 18. The molecule has 0 fully saturated rings. The van der Waals surface area contributed by atoms with Crippen molar-refractivity contribution in [3.05, 3.63) is 0 Å². The molecule has 0 aromatic carbocycles. The van der Waals surface area contributed by atoms with Crippen molar-refractivity contribution in [2.75, 3.05) is 6.61 Å². The molecule has 0 aromatic heterocycles. The second kappa shape index (κ2) is 15.2. The first-order valence-corrected chi connectivity index (χ1v) is 11.4. The van der Waals surface area contributed by atoms with Gasteiger partial charge in [0.25, 0.3) is 0 Å². The molecule has 0 saturated heterocycles. The van der Waals surface area contributed by atoms with Crippen molar-refractivity contribution in [3.8, 4) is 0 Å². The SMILES string of the molecule is CCCCCCCCCCCC(=O)C(OS(=O)(=O)O)[C@@H](O)[C@@H](O)[C@H](O)[C@H](O)CO. The van der Waals surface area contributed by atoms with E-state index in [0.717, 1.165) is 25.7 Å². The van der Waals surface area contributed by atoms with Gasteiger partial charge >= 0.3 is 10.4 Å².